The summed E-state index contributed by atoms with van der Waals surface area (Å²) in [5, 5.41) is 7.57. The molecule has 0 fully saturated rings. The Bertz CT molecular complexity index is 403. The molecule has 0 radical (unpaired) electrons. The molecule has 0 bridgehead atoms. The Morgan fingerprint density at radius 1 is 1.69 bits per heavy atom. The summed E-state index contributed by atoms with van der Waals surface area (Å²) in [4.78, 5) is 11.6. The summed E-state index contributed by atoms with van der Waals surface area (Å²) in [6, 6.07) is 0. The molecular formula is C10H14BrN3O2. The van der Waals surface area contributed by atoms with Crippen LogP contribution in [0.2, 0.25) is 0 Å². The second-order valence-corrected chi connectivity index (χ2v) is 4.38. The van der Waals surface area contributed by atoms with Crippen LogP contribution in [0.25, 0.3) is 0 Å². The molecule has 0 saturated heterocycles. The van der Waals surface area contributed by atoms with Crippen LogP contribution in [-0.4, -0.2) is 28.9 Å². The number of rotatable bonds is 2. The van der Waals surface area contributed by atoms with E-state index in [4.69, 9.17) is 4.74 Å². The molecule has 0 unspecified atom stereocenters. The van der Waals surface area contributed by atoms with Gasteiger partial charge in [0, 0.05) is 13.1 Å². The van der Waals surface area contributed by atoms with Crippen molar-refractivity contribution in [2.75, 3.05) is 13.2 Å². The van der Waals surface area contributed by atoms with Crippen LogP contribution in [0.1, 0.15) is 29.5 Å². The van der Waals surface area contributed by atoms with E-state index in [1.807, 2.05) is 4.68 Å². The standard InChI is InChI=1S/C10H14BrN3O2/c1-2-16-10(15)9-8(11)7-6-12-4-3-5-14(7)13-9/h12H,2-6H2,1H3. The number of nitrogens with zero attached hydrogens (tertiary/aromatic N) is 2. The van der Waals surface area contributed by atoms with Crippen LogP contribution >= 0.6 is 15.9 Å². The van der Waals surface area contributed by atoms with Crippen molar-refractivity contribution in [1.29, 1.82) is 0 Å². The van der Waals surface area contributed by atoms with Crippen LogP contribution in [0.5, 0.6) is 0 Å². The minimum atomic E-state index is -0.366. The Morgan fingerprint density at radius 3 is 3.25 bits per heavy atom. The molecule has 1 N–H and O–H groups in total. The average molecular weight is 288 g/mol. The number of nitrogens with one attached hydrogen (secondary N) is 1. The quantitative estimate of drug-likeness (QED) is 0.834. The first kappa shape index (κ1) is 11.6. The van der Waals surface area contributed by atoms with Gasteiger partial charge in [-0.05, 0) is 35.8 Å². The maximum atomic E-state index is 11.6. The van der Waals surface area contributed by atoms with E-state index in [2.05, 4.69) is 26.3 Å². The number of hydrogen-bond donors (Lipinski definition) is 1. The first-order chi connectivity index (χ1) is 7.74. The zero-order chi connectivity index (χ0) is 11.5. The van der Waals surface area contributed by atoms with Crippen LogP contribution in [0.15, 0.2) is 4.47 Å². The van der Waals surface area contributed by atoms with Crippen LogP contribution in [0, 0.1) is 0 Å². The lowest BCUT2D eigenvalue weighted by molar-refractivity contribution is 0.0517. The van der Waals surface area contributed by atoms with E-state index in [0.717, 1.165) is 36.2 Å². The second-order valence-electron chi connectivity index (χ2n) is 3.58. The molecule has 0 amide bonds. The first-order valence-electron chi connectivity index (χ1n) is 5.37. The molecule has 1 aliphatic heterocycles. The Labute approximate surface area is 102 Å². The monoisotopic (exact) mass is 287 g/mol. The summed E-state index contributed by atoms with van der Waals surface area (Å²) in [5.41, 5.74) is 1.39. The molecule has 0 saturated carbocycles. The van der Waals surface area contributed by atoms with Crippen molar-refractivity contribution in [3.05, 3.63) is 15.9 Å². The summed E-state index contributed by atoms with van der Waals surface area (Å²) in [6.07, 6.45) is 1.02. The summed E-state index contributed by atoms with van der Waals surface area (Å²) in [7, 11) is 0. The molecule has 2 heterocycles. The maximum absolute atomic E-state index is 11.6. The fraction of sp³-hybridized carbons (Fsp3) is 0.600. The second kappa shape index (κ2) is 4.97. The zero-order valence-corrected chi connectivity index (χ0v) is 10.7. The van der Waals surface area contributed by atoms with Crippen molar-refractivity contribution in [1.82, 2.24) is 15.1 Å². The molecule has 0 aromatic carbocycles. The number of fused-ring (bicyclic) bond motifs is 1. The molecule has 16 heavy (non-hydrogen) atoms. The Hall–Kier alpha value is -0.880. The van der Waals surface area contributed by atoms with E-state index < -0.39 is 0 Å². The maximum Gasteiger partial charge on any atom is 0.360 e. The molecule has 0 atom stereocenters. The van der Waals surface area contributed by atoms with Crippen molar-refractivity contribution in [3.8, 4) is 0 Å². The third-order valence-corrected chi connectivity index (χ3v) is 3.31. The third-order valence-electron chi connectivity index (χ3n) is 2.48. The largest absolute Gasteiger partial charge is 0.461 e. The van der Waals surface area contributed by atoms with Crippen molar-refractivity contribution in [3.63, 3.8) is 0 Å². The number of esters is 1. The number of halogens is 1. The number of aryl methyl sites for hydroxylation is 1. The van der Waals surface area contributed by atoms with E-state index in [1.165, 1.54) is 0 Å². The summed E-state index contributed by atoms with van der Waals surface area (Å²) in [5.74, 6) is -0.366. The smallest absolute Gasteiger partial charge is 0.360 e. The molecule has 2 rings (SSSR count). The Morgan fingerprint density at radius 2 is 2.50 bits per heavy atom. The first-order valence-corrected chi connectivity index (χ1v) is 6.16. The fourth-order valence-electron chi connectivity index (χ4n) is 1.72. The highest BCUT2D eigenvalue weighted by molar-refractivity contribution is 9.10. The topological polar surface area (TPSA) is 56.1 Å². The predicted octanol–water partition coefficient (Wildman–Crippen LogP) is 1.32. The summed E-state index contributed by atoms with van der Waals surface area (Å²) in [6.45, 7) is 4.69. The van der Waals surface area contributed by atoms with Gasteiger partial charge in [0.15, 0.2) is 5.69 Å². The SMILES string of the molecule is CCOC(=O)c1nn2c(c1Br)CNCCC2. The molecule has 0 spiro atoms. The number of aromatic nitrogens is 2. The number of carbonyl (C=O) groups excluding carboxylic acids is 1. The Kier molecular flexibility index (Phi) is 3.60. The van der Waals surface area contributed by atoms with Crippen LogP contribution in [-0.2, 0) is 17.8 Å². The van der Waals surface area contributed by atoms with Gasteiger partial charge < -0.3 is 10.1 Å². The summed E-state index contributed by atoms with van der Waals surface area (Å²) >= 11 is 3.42. The van der Waals surface area contributed by atoms with E-state index >= 15 is 0 Å². The van der Waals surface area contributed by atoms with E-state index in [1.54, 1.807) is 6.92 Å². The summed E-state index contributed by atoms with van der Waals surface area (Å²) < 4.78 is 7.57. The minimum absolute atomic E-state index is 0.366. The molecule has 0 aliphatic carbocycles. The van der Waals surface area contributed by atoms with Gasteiger partial charge in [0.05, 0.1) is 16.8 Å². The highest BCUT2D eigenvalue weighted by atomic mass is 79.9. The van der Waals surface area contributed by atoms with Gasteiger partial charge in [0.25, 0.3) is 0 Å². The molecule has 6 heteroatoms. The molecule has 1 aromatic heterocycles. The molecular weight excluding hydrogens is 274 g/mol. The number of hydrogen-bond acceptors (Lipinski definition) is 4. The third kappa shape index (κ3) is 2.12. The van der Waals surface area contributed by atoms with Crippen molar-refractivity contribution < 1.29 is 9.53 Å². The lowest BCUT2D eigenvalue weighted by Crippen LogP contribution is -2.12. The lowest BCUT2D eigenvalue weighted by atomic mass is 10.3. The van der Waals surface area contributed by atoms with Crippen molar-refractivity contribution >= 4 is 21.9 Å². The van der Waals surface area contributed by atoms with Crippen molar-refractivity contribution in [2.45, 2.75) is 26.4 Å². The van der Waals surface area contributed by atoms with E-state index in [0.29, 0.717) is 12.3 Å². The van der Waals surface area contributed by atoms with Gasteiger partial charge in [-0.25, -0.2) is 4.79 Å². The normalized spacial score (nSPS) is 15.4. The minimum Gasteiger partial charge on any atom is -0.461 e. The van der Waals surface area contributed by atoms with Crippen LogP contribution in [0.4, 0.5) is 0 Å². The van der Waals surface area contributed by atoms with Crippen LogP contribution < -0.4 is 5.32 Å². The zero-order valence-electron chi connectivity index (χ0n) is 9.12. The van der Waals surface area contributed by atoms with Gasteiger partial charge in [-0.1, -0.05) is 0 Å². The van der Waals surface area contributed by atoms with Crippen molar-refractivity contribution in [2.24, 2.45) is 0 Å². The number of carbonyl (C=O) groups is 1. The fourth-order valence-corrected chi connectivity index (χ4v) is 2.31. The molecule has 5 nitrogen and oxygen atoms in total. The van der Waals surface area contributed by atoms with Gasteiger partial charge in [0.2, 0.25) is 0 Å². The van der Waals surface area contributed by atoms with Crippen LogP contribution in [0.3, 0.4) is 0 Å². The molecule has 1 aromatic rings. The van der Waals surface area contributed by atoms with Gasteiger partial charge in [-0.15, -0.1) is 0 Å². The molecule has 88 valence electrons. The molecule has 1 aliphatic rings. The van der Waals surface area contributed by atoms with E-state index in [-0.39, 0.29) is 5.97 Å². The lowest BCUT2D eigenvalue weighted by Gasteiger charge is -2.00. The van der Waals surface area contributed by atoms with Gasteiger partial charge in [-0.3, -0.25) is 4.68 Å². The Balaban J connectivity index is 2.31. The predicted molar refractivity (Wildman–Crippen MR) is 62.2 cm³/mol. The average Bonchev–Trinajstić information content (AvgIpc) is 2.47. The van der Waals surface area contributed by atoms with Gasteiger partial charge >= 0.3 is 5.97 Å². The van der Waals surface area contributed by atoms with Gasteiger partial charge in [-0.2, -0.15) is 5.10 Å². The highest BCUT2D eigenvalue weighted by Crippen LogP contribution is 2.23. The van der Waals surface area contributed by atoms with Gasteiger partial charge in [0.1, 0.15) is 0 Å². The number of ether oxygens (including phenoxy) is 1. The van der Waals surface area contributed by atoms with E-state index in [9.17, 15) is 4.79 Å². The highest BCUT2D eigenvalue weighted by Gasteiger charge is 2.22.